The number of anilines is 1. The van der Waals surface area contributed by atoms with Gasteiger partial charge in [0.1, 0.15) is 17.8 Å². The fourth-order valence-corrected chi connectivity index (χ4v) is 2.16. The van der Waals surface area contributed by atoms with E-state index in [0.29, 0.717) is 18.2 Å². The van der Waals surface area contributed by atoms with Gasteiger partial charge in [0, 0.05) is 25.7 Å². The Labute approximate surface area is 114 Å². The topological polar surface area (TPSA) is 58.1 Å². The van der Waals surface area contributed by atoms with Crippen LogP contribution in [0.15, 0.2) is 12.4 Å². The number of aromatic nitrogens is 2. The second-order valence-electron chi connectivity index (χ2n) is 5.39. The predicted octanol–water partition coefficient (Wildman–Crippen LogP) is 1.85. The van der Waals surface area contributed by atoms with E-state index in [1.165, 1.54) is 19.2 Å². The second-order valence-corrected chi connectivity index (χ2v) is 5.39. The molecule has 0 atom stereocenters. The number of rotatable bonds is 5. The van der Waals surface area contributed by atoms with E-state index in [4.69, 9.17) is 0 Å². The lowest BCUT2D eigenvalue weighted by Crippen LogP contribution is -2.27. The van der Waals surface area contributed by atoms with Gasteiger partial charge in [0.2, 0.25) is 0 Å². The van der Waals surface area contributed by atoms with Gasteiger partial charge in [0.25, 0.3) is 5.91 Å². The van der Waals surface area contributed by atoms with Crippen molar-refractivity contribution < 1.29 is 4.79 Å². The average molecular weight is 262 g/mol. The van der Waals surface area contributed by atoms with E-state index in [0.717, 1.165) is 25.3 Å². The molecule has 0 spiro atoms. The highest BCUT2D eigenvalue weighted by Gasteiger charge is 2.16. The van der Waals surface area contributed by atoms with Crippen molar-refractivity contribution in [3.63, 3.8) is 0 Å². The molecule has 0 aliphatic carbocycles. The van der Waals surface area contributed by atoms with Crippen molar-refractivity contribution in [3.8, 4) is 0 Å². The zero-order chi connectivity index (χ0) is 13.7. The molecule has 1 saturated heterocycles. The molecule has 0 saturated carbocycles. The largest absolute Gasteiger partial charge is 0.357 e. The van der Waals surface area contributed by atoms with E-state index in [9.17, 15) is 4.79 Å². The zero-order valence-electron chi connectivity index (χ0n) is 11.7. The Morgan fingerprint density at radius 1 is 1.37 bits per heavy atom. The van der Waals surface area contributed by atoms with Crippen LogP contribution in [0.25, 0.3) is 0 Å². The number of nitrogens with zero attached hydrogens (tertiary/aromatic N) is 3. The summed E-state index contributed by atoms with van der Waals surface area (Å²) < 4.78 is 0. The Morgan fingerprint density at radius 3 is 2.79 bits per heavy atom. The Balaban J connectivity index is 1.95. The maximum atomic E-state index is 12.0. The molecule has 0 unspecified atom stereocenters. The zero-order valence-corrected chi connectivity index (χ0v) is 11.7. The van der Waals surface area contributed by atoms with E-state index >= 15 is 0 Å². The Hall–Kier alpha value is -1.65. The van der Waals surface area contributed by atoms with E-state index < -0.39 is 0 Å². The number of hydrogen-bond acceptors (Lipinski definition) is 4. The van der Waals surface area contributed by atoms with Crippen LogP contribution >= 0.6 is 0 Å². The highest BCUT2D eigenvalue weighted by Crippen LogP contribution is 2.17. The Morgan fingerprint density at radius 2 is 2.11 bits per heavy atom. The lowest BCUT2D eigenvalue weighted by molar-refractivity contribution is 0.0947. The summed E-state index contributed by atoms with van der Waals surface area (Å²) >= 11 is 0. The summed E-state index contributed by atoms with van der Waals surface area (Å²) in [6, 6.07) is 1.79. The molecule has 1 aromatic heterocycles. The summed E-state index contributed by atoms with van der Waals surface area (Å²) in [4.78, 5) is 22.5. The first kappa shape index (κ1) is 13.8. The molecule has 1 aliphatic rings. The summed E-state index contributed by atoms with van der Waals surface area (Å²) in [6.45, 7) is 7.01. The van der Waals surface area contributed by atoms with Gasteiger partial charge in [-0.1, -0.05) is 13.8 Å². The van der Waals surface area contributed by atoms with Crippen LogP contribution in [0.2, 0.25) is 0 Å². The molecule has 2 heterocycles. The quantitative estimate of drug-likeness (QED) is 0.880. The minimum absolute atomic E-state index is 0.108. The molecule has 1 N–H and O–H groups in total. The van der Waals surface area contributed by atoms with E-state index in [1.54, 1.807) is 6.07 Å². The maximum absolute atomic E-state index is 12.0. The molecular formula is C14H22N4O. The van der Waals surface area contributed by atoms with Crippen molar-refractivity contribution >= 4 is 11.7 Å². The number of carbonyl (C=O) groups excluding carboxylic acids is 1. The van der Waals surface area contributed by atoms with Crippen LogP contribution in [-0.4, -0.2) is 35.5 Å². The van der Waals surface area contributed by atoms with Crippen molar-refractivity contribution in [2.24, 2.45) is 5.92 Å². The van der Waals surface area contributed by atoms with E-state index in [2.05, 4.69) is 34.0 Å². The summed E-state index contributed by atoms with van der Waals surface area (Å²) in [5, 5.41) is 2.90. The van der Waals surface area contributed by atoms with Gasteiger partial charge >= 0.3 is 0 Å². The lowest BCUT2D eigenvalue weighted by Gasteiger charge is -2.16. The fourth-order valence-electron chi connectivity index (χ4n) is 2.16. The van der Waals surface area contributed by atoms with Gasteiger partial charge in [0.15, 0.2) is 0 Å². The molecule has 0 radical (unpaired) electrons. The van der Waals surface area contributed by atoms with Crippen LogP contribution in [0.3, 0.4) is 0 Å². The highest BCUT2D eigenvalue weighted by atomic mass is 16.1. The molecular weight excluding hydrogens is 240 g/mol. The normalized spacial score (nSPS) is 15.0. The van der Waals surface area contributed by atoms with Gasteiger partial charge in [-0.25, -0.2) is 9.97 Å². The Kier molecular flexibility index (Phi) is 4.71. The van der Waals surface area contributed by atoms with Gasteiger partial charge in [-0.2, -0.15) is 0 Å². The number of hydrogen-bond donors (Lipinski definition) is 1. The molecule has 1 aliphatic heterocycles. The van der Waals surface area contributed by atoms with Crippen LogP contribution < -0.4 is 10.2 Å². The van der Waals surface area contributed by atoms with Crippen LogP contribution in [0.1, 0.15) is 43.6 Å². The molecule has 0 bridgehead atoms. The van der Waals surface area contributed by atoms with E-state index in [1.807, 2.05) is 0 Å². The molecule has 1 aromatic rings. The first-order valence-electron chi connectivity index (χ1n) is 7.02. The molecule has 1 fully saturated rings. The van der Waals surface area contributed by atoms with Crippen molar-refractivity contribution in [3.05, 3.63) is 18.1 Å². The second kappa shape index (κ2) is 6.50. The minimum atomic E-state index is -0.108. The van der Waals surface area contributed by atoms with Crippen molar-refractivity contribution in [2.75, 3.05) is 24.5 Å². The third-order valence-corrected chi connectivity index (χ3v) is 3.32. The van der Waals surface area contributed by atoms with Gasteiger partial charge in [0.05, 0.1) is 0 Å². The van der Waals surface area contributed by atoms with Crippen molar-refractivity contribution in [1.82, 2.24) is 15.3 Å². The molecule has 19 heavy (non-hydrogen) atoms. The molecule has 104 valence electrons. The smallest absolute Gasteiger partial charge is 0.270 e. The molecule has 0 aromatic carbocycles. The van der Waals surface area contributed by atoms with Gasteiger partial charge in [-0.05, 0) is 25.2 Å². The summed E-state index contributed by atoms with van der Waals surface area (Å²) in [5.74, 6) is 1.34. The number of carbonyl (C=O) groups is 1. The maximum Gasteiger partial charge on any atom is 0.270 e. The predicted molar refractivity (Wildman–Crippen MR) is 75.3 cm³/mol. The molecule has 5 nitrogen and oxygen atoms in total. The summed E-state index contributed by atoms with van der Waals surface area (Å²) in [6.07, 6.45) is 4.85. The fraction of sp³-hybridized carbons (Fsp3) is 0.643. The standard InChI is InChI=1S/C14H22N4O/c1-11(2)5-6-15-14(19)12-9-13(17-10-16-12)18-7-3-4-8-18/h9-11H,3-8H2,1-2H3,(H,15,19). The number of nitrogens with one attached hydrogen (secondary N) is 1. The average Bonchev–Trinajstić information content (AvgIpc) is 2.92. The van der Waals surface area contributed by atoms with Crippen molar-refractivity contribution in [2.45, 2.75) is 33.1 Å². The van der Waals surface area contributed by atoms with Gasteiger partial charge in [-0.3, -0.25) is 4.79 Å². The van der Waals surface area contributed by atoms with E-state index in [-0.39, 0.29) is 5.91 Å². The van der Waals surface area contributed by atoms with Crippen LogP contribution in [0.5, 0.6) is 0 Å². The monoisotopic (exact) mass is 262 g/mol. The van der Waals surface area contributed by atoms with Crippen LogP contribution in [0, 0.1) is 5.92 Å². The highest BCUT2D eigenvalue weighted by molar-refractivity contribution is 5.92. The SMILES string of the molecule is CC(C)CCNC(=O)c1cc(N2CCCC2)ncn1. The molecule has 5 heteroatoms. The summed E-state index contributed by atoms with van der Waals surface area (Å²) in [5.41, 5.74) is 0.459. The van der Waals surface area contributed by atoms with Crippen LogP contribution in [0.4, 0.5) is 5.82 Å². The number of amides is 1. The van der Waals surface area contributed by atoms with Gasteiger partial charge < -0.3 is 10.2 Å². The van der Waals surface area contributed by atoms with Gasteiger partial charge in [-0.15, -0.1) is 0 Å². The molecule has 2 rings (SSSR count). The molecule has 1 amide bonds. The first-order valence-corrected chi connectivity index (χ1v) is 7.02. The Bertz CT molecular complexity index is 427. The van der Waals surface area contributed by atoms with Crippen LogP contribution in [-0.2, 0) is 0 Å². The van der Waals surface area contributed by atoms with Crippen molar-refractivity contribution in [1.29, 1.82) is 0 Å². The first-order chi connectivity index (χ1) is 9.16. The third-order valence-electron chi connectivity index (χ3n) is 3.32. The third kappa shape index (κ3) is 3.91. The minimum Gasteiger partial charge on any atom is -0.357 e. The summed E-state index contributed by atoms with van der Waals surface area (Å²) in [7, 11) is 0. The lowest BCUT2D eigenvalue weighted by atomic mass is 10.1.